The fourth-order valence-electron chi connectivity index (χ4n) is 7.49. The molecule has 0 spiro atoms. The first-order valence-corrected chi connectivity index (χ1v) is 28.4. The molecule has 1 unspecified atom stereocenters. The summed E-state index contributed by atoms with van der Waals surface area (Å²) in [6, 6.07) is 10.4. The predicted octanol–water partition coefficient (Wildman–Crippen LogP) is 0.781. The highest BCUT2D eigenvalue weighted by molar-refractivity contribution is 6.04. The Balaban J connectivity index is 0.000000238. The number of aliphatic imine (C=N–C) groups is 1. The average molecular weight is 1340 g/mol. The average Bonchev–Trinajstić information content (AvgIpc) is 1.70. The number of rotatable bonds is 4. The van der Waals surface area contributed by atoms with Crippen LogP contribution in [-0.2, 0) is 56.7 Å². The van der Waals surface area contributed by atoms with Crippen LogP contribution in [0.1, 0.15) is 61.5 Å². The minimum atomic E-state index is -0.442. The number of nitrogens with two attached hydrogens (primary N) is 5. The predicted molar refractivity (Wildman–Crippen MR) is 370 cm³/mol. The number of nitrogens with zero attached hydrogens (tertiary/aromatic N) is 18. The number of hydrogen-bond donors (Lipinski definition) is 11. The van der Waals surface area contributed by atoms with Crippen molar-refractivity contribution in [1.29, 1.82) is 0 Å². The van der Waals surface area contributed by atoms with E-state index in [0.29, 0.717) is 57.4 Å². The lowest BCUT2D eigenvalue weighted by Crippen LogP contribution is -2.35. The molecule has 3 aliphatic rings. The quantitative estimate of drug-likeness (QED) is 0.116. The summed E-state index contributed by atoms with van der Waals surface area (Å²) in [5.41, 5.74) is 31.5. The summed E-state index contributed by atoms with van der Waals surface area (Å²) in [5.74, 6) is 2.98. The maximum atomic E-state index is 11.9. The van der Waals surface area contributed by atoms with Crippen molar-refractivity contribution in [1.82, 2.24) is 97.7 Å². The zero-order valence-corrected chi connectivity index (χ0v) is 55.0. The largest absolute Gasteiger partial charge is 0.383 e. The van der Waals surface area contributed by atoms with Crippen LogP contribution < -0.4 is 77.9 Å². The Morgan fingerprint density at radius 1 is 0.619 bits per heavy atom. The van der Waals surface area contributed by atoms with Crippen LogP contribution in [0.25, 0.3) is 22.3 Å². The molecule has 97 heavy (non-hydrogen) atoms. The number of carbonyl (C=O) groups excluding carboxylic acids is 4. The Morgan fingerprint density at radius 3 is 1.78 bits per heavy atom. The Morgan fingerprint density at radius 2 is 1.21 bits per heavy atom. The topological polar surface area (TPSA) is 507 Å². The molecule has 0 saturated heterocycles. The Kier molecular flexibility index (Phi) is 27.3. The van der Waals surface area contributed by atoms with Crippen molar-refractivity contribution in [2.24, 2.45) is 64.7 Å². The maximum absolute atomic E-state index is 11.9. The molecule has 0 radical (unpaired) electrons. The van der Waals surface area contributed by atoms with Crippen LogP contribution in [0.15, 0.2) is 153 Å². The Hall–Kier alpha value is -13.0. The third-order valence-corrected chi connectivity index (χ3v) is 13.0. The molecule has 8 aromatic heterocycles. The number of carbonyl (C=O) groups is 4. The summed E-state index contributed by atoms with van der Waals surface area (Å²) in [7, 11) is 14.0. The van der Waals surface area contributed by atoms with Crippen molar-refractivity contribution in [3.8, 4) is 0 Å². The van der Waals surface area contributed by atoms with E-state index >= 15 is 0 Å². The molecule has 0 bridgehead atoms. The lowest BCUT2D eigenvalue weighted by molar-refractivity contribution is -0.119. The van der Waals surface area contributed by atoms with Crippen LogP contribution in [0.4, 0.5) is 35.0 Å². The third-order valence-electron chi connectivity index (χ3n) is 13.0. The second-order valence-electron chi connectivity index (χ2n) is 21.2. The summed E-state index contributed by atoms with van der Waals surface area (Å²) in [6.45, 7) is 16.1. The molecular weight excluding hydrogens is 1250 g/mol. The SMILES string of the molecule is C.C=C1NC(=O)C(C)=CN1C.C=C1NC(=O)C=CN1C.CC(C)C(=O)Nc1nc2c(ncn2C)c(=O)[nH]1.Cc1cn(C)c(=O)nc1N.Cc1cn(C)c(=O)nc1NC(=O)c1ccccc1.Cn1ccc(N)nc1=O.Cn1cnc2c(N)ncnc21.Cn1cnc2c1NC(N)=NC2N. The molecule has 12 rings (SSSR count). The first-order valence-electron chi connectivity index (χ1n) is 28.4. The Labute approximate surface area is 555 Å². The van der Waals surface area contributed by atoms with Gasteiger partial charge in [0, 0.05) is 122 Å². The van der Waals surface area contributed by atoms with Crippen LogP contribution in [-0.4, -0.2) is 131 Å². The summed E-state index contributed by atoms with van der Waals surface area (Å²) >= 11 is 0. The number of hydrogen-bond acceptors (Lipinski definition) is 26. The van der Waals surface area contributed by atoms with Gasteiger partial charge in [-0.25, -0.2) is 44.3 Å². The number of anilines is 6. The van der Waals surface area contributed by atoms with Crippen molar-refractivity contribution >= 4 is 87.0 Å². The van der Waals surface area contributed by atoms with E-state index in [2.05, 4.69) is 94.6 Å². The molecule has 16 N–H and O–H groups in total. The molecule has 11 heterocycles. The van der Waals surface area contributed by atoms with Gasteiger partial charge in [-0.1, -0.05) is 52.6 Å². The number of guanidine groups is 1. The van der Waals surface area contributed by atoms with Crippen LogP contribution in [0.5, 0.6) is 0 Å². The number of nitrogens with one attached hydrogen (secondary N) is 6. The van der Waals surface area contributed by atoms with E-state index in [1.54, 1.807) is 149 Å². The van der Waals surface area contributed by atoms with Gasteiger partial charge in [0.2, 0.25) is 11.9 Å². The van der Waals surface area contributed by atoms with E-state index in [1.807, 2.05) is 45.7 Å². The van der Waals surface area contributed by atoms with Crippen LogP contribution in [0.2, 0.25) is 0 Å². The monoisotopic (exact) mass is 1340 g/mol. The summed E-state index contributed by atoms with van der Waals surface area (Å²) in [4.78, 5) is 134. The highest BCUT2D eigenvalue weighted by atomic mass is 16.2. The normalized spacial score (nSPS) is 13.1. The van der Waals surface area contributed by atoms with Crippen molar-refractivity contribution in [2.75, 3.05) is 47.2 Å². The van der Waals surface area contributed by atoms with Crippen molar-refractivity contribution in [2.45, 2.75) is 48.2 Å². The molecule has 3 aliphatic heterocycles. The van der Waals surface area contributed by atoms with Gasteiger partial charge >= 0.3 is 17.1 Å². The van der Waals surface area contributed by atoms with E-state index in [4.69, 9.17) is 28.7 Å². The van der Waals surface area contributed by atoms with Crippen molar-refractivity contribution in [3.05, 3.63) is 193 Å². The molecule has 37 nitrogen and oxygen atoms in total. The number of amides is 4. The lowest BCUT2D eigenvalue weighted by atomic mass is 10.2. The van der Waals surface area contributed by atoms with Gasteiger partial charge in [0.25, 0.3) is 23.3 Å². The number of nitrogen functional groups attached to an aromatic ring is 3. The minimum Gasteiger partial charge on any atom is -0.383 e. The number of imidazole rings is 3. The number of aromatic amines is 1. The minimum absolute atomic E-state index is 0. The maximum Gasteiger partial charge on any atom is 0.349 e. The van der Waals surface area contributed by atoms with Gasteiger partial charge in [-0.15, -0.1) is 0 Å². The number of H-pyrrole nitrogens is 1. The summed E-state index contributed by atoms with van der Waals surface area (Å²) in [6.07, 6.45) is 15.6. The van der Waals surface area contributed by atoms with Gasteiger partial charge in [-0.05, 0) is 39.0 Å². The highest BCUT2D eigenvalue weighted by Crippen LogP contribution is 2.23. The second-order valence-corrected chi connectivity index (χ2v) is 21.2. The highest BCUT2D eigenvalue weighted by Gasteiger charge is 2.21. The summed E-state index contributed by atoms with van der Waals surface area (Å²) < 4.78 is 9.36. The van der Waals surface area contributed by atoms with E-state index in [1.165, 1.54) is 32.4 Å². The third kappa shape index (κ3) is 21.8. The van der Waals surface area contributed by atoms with Gasteiger partial charge < -0.3 is 87.1 Å². The first-order chi connectivity index (χ1) is 45.1. The van der Waals surface area contributed by atoms with Gasteiger partial charge in [-0.2, -0.15) is 19.9 Å². The lowest BCUT2D eigenvalue weighted by Gasteiger charge is -2.23. The van der Waals surface area contributed by atoms with Crippen molar-refractivity contribution < 1.29 is 19.2 Å². The molecular formula is C60H81N29O8. The smallest absolute Gasteiger partial charge is 0.349 e. The molecule has 1 aromatic carbocycles. The molecule has 1 atom stereocenters. The van der Waals surface area contributed by atoms with Gasteiger partial charge in [-0.3, -0.25) is 34.3 Å². The molecule has 9 aromatic rings. The zero-order valence-electron chi connectivity index (χ0n) is 55.0. The fourth-order valence-corrected chi connectivity index (χ4v) is 7.49. The Bertz CT molecular complexity index is 4670. The van der Waals surface area contributed by atoms with Gasteiger partial charge in [0.05, 0.1) is 19.0 Å². The molecule has 37 heteroatoms. The second kappa shape index (κ2) is 34.6. The number of aryl methyl sites for hydroxylation is 8. The molecule has 0 aliphatic carbocycles. The van der Waals surface area contributed by atoms with Crippen LogP contribution in [0, 0.1) is 19.8 Å². The molecule has 0 saturated carbocycles. The molecule has 4 amide bonds. The van der Waals surface area contributed by atoms with Crippen LogP contribution >= 0.6 is 0 Å². The van der Waals surface area contributed by atoms with Gasteiger partial charge in [0.1, 0.15) is 58.6 Å². The summed E-state index contributed by atoms with van der Waals surface area (Å²) in [5, 5.41) is 13.2. The van der Waals surface area contributed by atoms with Crippen molar-refractivity contribution in [3.63, 3.8) is 0 Å². The van der Waals surface area contributed by atoms with E-state index in [9.17, 15) is 38.4 Å². The van der Waals surface area contributed by atoms with E-state index < -0.39 is 11.9 Å². The zero-order chi connectivity index (χ0) is 71.4. The first kappa shape index (κ1) is 76.5. The number of aromatic nitrogens is 16. The molecule has 0 fully saturated rings. The van der Waals surface area contributed by atoms with E-state index in [0.717, 1.165) is 28.3 Å². The van der Waals surface area contributed by atoms with E-state index in [-0.39, 0.29) is 71.2 Å². The van der Waals surface area contributed by atoms with Gasteiger partial charge in [0.15, 0.2) is 28.6 Å². The number of benzene rings is 1. The molecule has 514 valence electrons. The van der Waals surface area contributed by atoms with Crippen LogP contribution in [0.3, 0.4) is 0 Å². The number of fused-ring (bicyclic) bond motifs is 3. The fraction of sp³-hybridized carbons (Fsp3) is 0.267. The standard InChI is InChI=1S/C13H13N3O2.C10H13N5O2.C7H10N2O.C6H10N6.C6H7N5.C6H9N3O.C6H8N2O.C5H7N3O.CH4/c1-9-8-16(2)13(18)15-11(9)14-12(17)10-6-4-3-5-7-10;1-5(2)8(16)13-10-12-7-6(9(17)14-10)11-4-15(7)3;1-5-4-9(3)6(2)8-7(5)10;1-12-2-9-3-4(7)10-6(8)11-5(3)12;1-11-3-10-4-5(7)8-2-9-6(4)11;1-4-3-9(2)6(10)8-5(4)7;1-5-7-6(9)3-4-8(5)2;1-8-3-2-4(6)7-5(8)9;/h3-8H,1-2H3,(H,14,15,17,18);4-5H,1-3H3,(H2,12,13,14,16,17);4H,2H2,1,3H3,(H,8,10);2,4H,7H2,1H3,(H3,8,10,11);2-3H,1H3,(H2,7,8,9);3H,1-2H3,(H2,7,8,10);3-4H,1H2,2H3,(H,7,9);2-3H,1H3,(H2,6,7,9);1H4.